The number of ether oxygens (including phenoxy) is 1. The van der Waals surface area contributed by atoms with Crippen LogP contribution in [0.5, 0.6) is 5.75 Å². The number of carbonyl (C=O) groups is 1. The highest BCUT2D eigenvalue weighted by atomic mass is 16.5. The number of benzene rings is 2. The maximum Gasteiger partial charge on any atom is 0.254 e. The molecule has 0 saturated carbocycles. The van der Waals surface area contributed by atoms with E-state index in [1.165, 1.54) is 0 Å². The molecule has 1 aliphatic rings. The van der Waals surface area contributed by atoms with Gasteiger partial charge in [0.1, 0.15) is 11.6 Å². The fourth-order valence-electron chi connectivity index (χ4n) is 3.64. The standard InChI is InChI=1S/C26H25N3O2/c1-31-24-14-13-23(20-22(24)11-7-10-21-8-3-2-4-9-21)26(30)29-18-16-28(17-19-29)25-12-5-6-15-27-25/h2-6,8-9,12-15,20H,10,16-19H2,1H3. The van der Waals surface area contributed by atoms with Crippen molar-refractivity contribution in [3.05, 3.63) is 89.6 Å². The van der Waals surface area contributed by atoms with Crippen LogP contribution in [0.2, 0.25) is 0 Å². The summed E-state index contributed by atoms with van der Waals surface area (Å²) in [7, 11) is 1.62. The zero-order valence-corrected chi connectivity index (χ0v) is 17.6. The van der Waals surface area contributed by atoms with Crippen LogP contribution >= 0.6 is 0 Å². The van der Waals surface area contributed by atoms with Gasteiger partial charge in [0.15, 0.2) is 0 Å². The Morgan fingerprint density at radius 1 is 1.00 bits per heavy atom. The molecule has 5 nitrogen and oxygen atoms in total. The number of hydrogen-bond acceptors (Lipinski definition) is 4. The van der Waals surface area contributed by atoms with Gasteiger partial charge in [0, 0.05) is 44.4 Å². The Hall–Kier alpha value is -3.78. The van der Waals surface area contributed by atoms with E-state index in [9.17, 15) is 4.79 Å². The molecule has 1 saturated heterocycles. The SMILES string of the molecule is COc1ccc(C(=O)N2CCN(c3ccccn3)CC2)cc1C#CCc1ccccc1. The van der Waals surface area contributed by atoms with Crippen LogP contribution in [0, 0.1) is 11.8 Å². The first-order chi connectivity index (χ1) is 15.2. The first-order valence-electron chi connectivity index (χ1n) is 10.4. The van der Waals surface area contributed by atoms with Gasteiger partial charge in [0.25, 0.3) is 5.91 Å². The molecule has 0 aliphatic carbocycles. The van der Waals surface area contributed by atoms with Crippen LogP contribution in [0.4, 0.5) is 5.82 Å². The maximum atomic E-state index is 13.1. The van der Waals surface area contributed by atoms with Gasteiger partial charge in [-0.25, -0.2) is 4.98 Å². The Morgan fingerprint density at radius 3 is 2.48 bits per heavy atom. The number of carbonyl (C=O) groups excluding carboxylic acids is 1. The minimum atomic E-state index is 0.0226. The second-order valence-electron chi connectivity index (χ2n) is 7.35. The molecule has 156 valence electrons. The van der Waals surface area contributed by atoms with E-state index in [0.29, 0.717) is 30.8 Å². The summed E-state index contributed by atoms with van der Waals surface area (Å²) in [6, 6.07) is 21.5. The van der Waals surface area contributed by atoms with E-state index in [1.807, 2.05) is 59.5 Å². The Morgan fingerprint density at radius 2 is 1.77 bits per heavy atom. The number of rotatable bonds is 4. The van der Waals surface area contributed by atoms with E-state index in [2.05, 4.69) is 33.9 Å². The molecule has 0 N–H and O–H groups in total. The first-order valence-corrected chi connectivity index (χ1v) is 10.4. The zero-order valence-electron chi connectivity index (χ0n) is 17.6. The van der Waals surface area contributed by atoms with Crippen LogP contribution in [0.3, 0.4) is 0 Å². The monoisotopic (exact) mass is 411 g/mol. The molecular formula is C26H25N3O2. The lowest BCUT2D eigenvalue weighted by Gasteiger charge is -2.35. The van der Waals surface area contributed by atoms with Gasteiger partial charge in [-0.05, 0) is 35.9 Å². The largest absolute Gasteiger partial charge is 0.495 e. The predicted molar refractivity (Wildman–Crippen MR) is 122 cm³/mol. The quantitative estimate of drug-likeness (QED) is 0.615. The van der Waals surface area contributed by atoms with Crippen molar-refractivity contribution >= 4 is 11.7 Å². The second-order valence-corrected chi connectivity index (χ2v) is 7.35. The molecule has 0 bridgehead atoms. The van der Waals surface area contributed by atoms with Crippen LogP contribution in [0.1, 0.15) is 21.5 Å². The number of methoxy groups -OCH3 is 1. The second kappa shape index (κ2) is 9.82. The third kappa shape index (κ3) is 5.04. The molecule has 0 unspecified atom stereocenters. The van der Waals surface area contributed by atoms with Crippen molar-refractivity contribution in [1.29, 1.82) is 0 Å². The Labute approximate surface area is 183 Å². The first kappa shape index (κ1) is 20.5. The van der Waals surface area contributed by atoms with Gasteiger partial charge >= 0.3 is 0 Å². The van der Waals surface area contributed by atoms with Crippen molar-refractivity contribution < 1.29 is 9.53 Å². The van der Waals surface area contributed by atoms with Crippen LogP contribution in [0.25, 0.3) is 0 Å². The fourth-order valence-corrected chi connectivity index (χ4v) is 3.64. The van der Waals surface area contributed by atoms with Crippen molar-refractivity contribution in [1.82, 2.24) is 9.88 Å². The van der Waals surface area contributed by atoms with Crippen molar-refractivity contribution in [3.8, 4) is 17.6 Å². The lowest BCUT2D eigenvalue weighted by molar-refractivity contribution is 0.0746. The number of amides is 1. The Bertz CT molecular complexity index is 1080. The van der Waals surface area contributed by atoms with Gasteiger partial charge in [-0.15, -0.1) is 0 Å². The summed E-state index contributed by atoms with van der Waals surface area (Å²) in [6.07, 6.45) is 2.45. The van der Waals surface area contributed by atoms with Crippen molar-refractivity contribution in [2.24, 2.45) is 0 Å². The molecule has 5 heteroatoms. The molecule has 1 amide bonds. The van der Waals surface area contributed by atoms with Gasteiger partial charge in [-0.1, -0.05) is 48.2 Å². The Balaban J connectivity index is 1.45. The molecule has 1 aliphatic heterocycles. The van der Waals surface area contributed by atoms with Crippen LogP contribution < -0.4 is 9.64 Å². The summed E-state index contributed by atoms with van der Waals surface area (Å²) in [5.41, 5.74) is 2.53. The van der Waals surface area contributed by atoms with Crippen LogP contribution in [-0.4, -0.2) is 49.1 Å². The predicted octanol–water partition coefficient (Wildman–Crippen LogP) is 3.65. The summed E-state index contributed by atoms with van der Waals surface area (Å²) in [5, 5.41) is 0. The minimum Gasteiger partial charge on any atom is -0.495 e. The summed E-state index contributed by atoms with van der Waals surface area (Å²) < 4.78 is 5.45. The zero-order chi connectivity index (χ0) is 21.5. The highest BCUT2D eigenvalue weighted by molar-refractivity contribution is 5.95. The molecule has 0 spiro atoms. The molecule has 31 heavy (non-hydrogen) atoms. The molecular weight excluding hydrogens is 386 g/mol. The summed E-state index contributed by atoms with van der Waals surface area (Å²) in [4.78, 5) is 21.6. The number of piperazine rings is 1. The summed E-state index contributed by atoms with van der Waals surface area (Å²) in [5.74, 6) is 8.03. The van der Waals surface area contributed by atoms with E-state index >= 15 is 0 Å². The average molecular weight is 412 g/mol. The fraction of sp³-hybridized carbons (Fsp3) is 0.231. The molecule has 2 aromatic carbocycles. The van der Waals surface area contributed by atoms with E-state index in [-0.39, 0.29) is 5.91 Å². The third-order valence-corrected chi connectivity index (χ3v) is 5.34. The van der Waals surface area contributed by atoms with E-state index in [0.717, 1.165) is 30.0 Å². The van der Waals surface area contributed by atoms with Gasteiger partial charge in [-0.3, -0.25) is 4.79 Å². The molecule has 4 rings (SSSR count). The van der Waals surface area contributed by atoms with Gasteiger partial charge in [0.05, 0.1) is 12.7 Å². The Kier molecular flexibility index (Phi) is 6.49. The molecule has 2 heterocycles. The molecule has 1 aromatic heterocycles. The van der Waals surface area contributed by atoms with Crippen LogP contribution in [-0.2, 0) is 6.42 Å². The number of anilines is 1. The highest BCUT2D eigenvalue weighted by Crippen LogP contribution is 2.21. The van der Waals surface area contributed by atoms with Gasteiger partial charge < -0.3 is 14.5 Å². The number of nitrogens with zero attached hydrogens (tertiary/aromatic N) is 3. The van der Waals surface area contributed by atoms with Crippen molar-refractivity contribution in [2.75, 3.05) is 38.2 Å². The van der Waals surface area contributed by atoms with Crippen molar-refractivity contribution in [3.63, 3.8) is 0 Å². The number of pyridine rings is 1. The highest BCUT2D eigenvalue weighted by Gasteiger charge is 2.23. The smallest absolute Gasteiger partial charge is 0.254 e. The van der Waals surface area contributed by atoms with Crippen molar-refractivity contribution in [2.45, 2.75) is 6.42 Å². The average Bonchev–Trinajstić information content (AvgIpc) is 2.85. The number of aromatic nitrogens is 1. The molecule has 3 aromatic rings. The van der Waals surface area contributed by atoms with E-state index < -0.39 is 0 Å². The number of hydrogen-bond donors (Lipinski definition) is 0. The normalized spacial score (nSPS) is 13.3. The molecule has 0 radical (unpaired) electrons. The van der Waals surface area contributed by atoms with Gasteiger partial charge in [0.2, 0.25) is 0 Å². The van der Waals surface area contributed by atoms with Gasteiger partial charge in [-0.2, -0.15) is 0 Å². The van der Waals surface area contributed by atoms with E-state index in [4.69, 9.17) is 4.74 Å². The lowest BCUT2D eigenvalue weighted by atomic mass is 10.1. The molecule has 1 fully saturated rings. The van der Waals surface area contributed by atoms with Crippen LogP contribution in [0.15, 0.2) is 72.9 Å². The molecule has 0 atom stereocenters. The maximum absolute atomic E-state index is 13.1. The summed E-state index contributed by atoms with van der Waals surface area (Å²) in [6.45, 7) is 2.86. The summed E-state index contributed by atoms with van der Waals surface area (Å²) >= 11 is 0. The minimum absolute atomic E-state index is 0.0226. The lowest BCUT2D eigenvalue weighted by Crippen LogP contribution is -2.49. The van der Waals surface area contributed by atoms with E-state index in [1.54, 1.807) is 13.3 Å². The topological polar surface area (TPSA) is 45.7 Å². The third-order valence-electron chi connectivity index (χ3n) is 5.34.